The molecule has 1 unspecified atom stereocenters. The Hall–Kier alpha value is -2.32. The molecule has 0 bridgehead atoms. The second kappa shape index (κ2) is 8.79. The molecule has 1 N–H and O–H groups in total. The fraction of sp³-hybridized carbons (Fsp3) is 0.263. The molecule has 148 valence electrons. The second-order valence-corrected chi connectivity index (χ2v) is 7.50. The highest BCUT2D eigenvalue weighted by atomic mass is 35.5. The fourth-order valence-corrected chi connectivity index (χ4v) is 3.88. The number of carbonyl (C=O) groups is 2. The number of ether oxygens (including phenoxy) is 1. The summed E-state index contributed by atoms with van der Waals surface area (Å²) >= 11 is 6.26. The number of benzene rings is 2. The number of nitrogens with zero attached hydrogens (tertiary/aromatic N) is 1. The largest absolute Gasteiger partial charge is 0.497 e. The molecular formula is C19H17ClF2N2O3S. The maximum Gasteiger partial charge on any atom is 0.289 e. The van der Waals surface area contributed by atoms with Crippen molar-refractivity contribution in [1.82, 2.24) is 0 Å². The van der Waals surface area contributed by atoms with E-state index in [2.05, 4.69) is 5.32 Å². The summed E-state index contributed by atoms with van der Waals surface area (Å²) in [5.41, 5.74) is 0.839. The third kappa shape index (κ3) is 4.56. The molecule has 2 aromatic rings. The van der Waals surface area contributed by atoms with E-state index in [1.807, 2.05) is 0 Å². The van der Waals surface area contributed by atoms with Gasteiger partial charge < -0.3 is 15.0 Å². The lowest BCUT2D eigenvalue weighted by Gasteiger charge is -2.18. The Morgan fingerprint density at radius 2 is 2.07 bits per heavy atom. The fourth-order valence-electron chi connectivity index (χ4n) is 2.96. The van der Waals surface area contributed by atoms with Gasteiger partial charge in [-0.1, -0.05) is 35.5 Å². The number of halogens is 3. The molecule has 2 aromatic carbocycles. The lowest BCUT2D eigenvalue weighted by molar-refractivity contribution is -0.122. The molecule has 28 heavy (non-hydrogen) atoms. The first-order chi connectivity index (χ1) is 13.4. The van der Waals surface area contributed by atoms with Crippen molar-refractivity contribution in [3.05, 3.63) is 47.5 Å². The normalized spacial score (nSPS) is 16.5. The number of alkyl halides is 2. The Bertz CT molecular complexity index is 897. The molecule has 1 heterocycles. The monoisotopic (exact) mass is 426 g/mol. The van der Waals surface area contributed by atoms with Crippen LogP contribution in [-0.2, 0) is 9.59 Å². The molecule has 9 heteroatoms. The molecule has 1 aliphatic rings. The maximum atomic E-state index is 12.8. The smallest absolute Gasteiger partial charge is 0.289 e. The predicted octanol–water partition coefficient (Wildman–Crippen LogP) is 4.65. The number of carbonyl (C=O) groups excluding carboxylic acids is 2. The molecule has 0 aromatic heterocycles. The number of nitrogens with one attached hydrogen (secondary N) is 1. The summed E-state index contributed by atoms with van der Waals surface area (Å²) in [5.74, 6) is -3.29. The summed E-state index contributed by atoms with van der Waals surface area (Å²) in [6.45, 7) is 0.190. The van der Waals surface area contributed by atoms with Crippen LogP contribution < -0.4 is 15.0 Å². The summed E-state index contributed by atoms with van der Waals surface area (Å²) < 4.78 is 30.8. The topological polar surface area (TPSA) is 58.6 Å². The molecule has 3 rings (SSSR count). The van der Waals surface area contributed by atoms with E-state index in [9.17, 15) is 18.4 Å². The number of anilines is 2. The molecule has 5 nitrogen and oxygen atoms in total. The van der Waals surface area contributed by atoms with E-state index in [1.165, 1.54) is 24.1 Å². The molecule has 1 aliphatic heterocycles. The minimum absolute atomic E-state index is 0.0287. The lowest BCUT2D eigenvalue weighted by atomic mass is 10.1. The van der Waals surface area contributed by atoms with Crippen LogP contribution in [0, 0.1) is 5.92 Å². The van der Waals surface area contributed by atoms with Crippen LogP contribution in [0.5, 0.6) is 5.75 Å². The summed E-state index contributed by atoms with van der Waals surface area (Å²) in [6, 6.07) is 11.5. The van der Waals surface area contributed by atoms with Crippen LogP contribution in [0.4, 0.5) is 20.2 Å². The summed E-state index contributed by atoms with van der Waals surface area (Å²) in [5, 5.41) is 2.76. The van der Waals surface area contributed by atoms with Crippen molar-refractivity contribution in [2.45, 2.75) is 17.1 Å². The van der Waals surface area contributed by atoms with Gasteiger partial charge in [0.05, 0.1) is 28.6 Å². The minimum Gasteiger partial charge on any atom is -0.497 e. The zero-order chi connectivity index (χ0) is 20.3. The molecule has 2 amide bonds. The van der Waals surface area contributed by atoms with E-state index in [0.717, 1.165) is 0 Å². The van der Waals surface area contributed by atoms with Crippen molar-refractivity contribution in [2.75, 3.05) is 23.9 Å². The van der Waals surface area contributed by atoms with Gasteiger partial charge in [-0.3, -0.25) is 9.59 Å². The van der Waals surface area contributed by atoms with Gasteiger partial charge in [0.2, 0.25) is 11.8 Å². The zero-order valence-corrected chi connectivity index (χ0v) is 16.4. The number of methoxy groups -OCH3 is 1. The van der Waals surface area contributed by atoms with Crippen LogP contribution in [0.15, 0.2) is 47.4 Å². The van der Waals surface area contributed by atoms with Gasteiger partial charge in [-0.15, -0.1) is 0 Å². The van der Waals surface area contributed by atoms with Crippen LogP contribution in [0.1, 0.15) is 6.42 Å². The van der Waals surface area contributed by atoms with E-state index in [0.29, 0.717) is 11.4 Å². The van der Waals surface area contributed by atoms with Crippen LogP contribution in [0.2, 0.25) is 5.02 Å². The van der Waals surface area contributed by atoms with E-state index < -0.39 is 17.6 Å². The summed E-state index contributed by atoms with van der Waals surface area (Å²) in [4.78, 5) is 26.7. The quantitative estimate of drug-likeness (QED) is 0.683. The first-order valence-electron chi connectivity index (χ1n) is 8.37. The first-order valence-corrected chi connectivity index (χ1v) is 9.63. The Labute approximate surface area is 170 Å². The molecule has 1 saturated heterocycles. The number of hydrogen-bond donors (Lipinski definition) is 1. The number of amides is 2. The van der Waals surface area contributed by atoms with Crippen molar-refractivity contribution >= 4 is 46.6 Å². The maximum absolute atomic E-state index is 12.8. The third-order valence-electron chi connectivity index (χ3n) is 4.29. The van der Waals surface area contributed by atoms with E-state index in [-0.39, 0.29) is 46.2 Å². The zero-order valence-electron chi connectivity index (χ0n) is 14.8. The third-order valence-corrected chi connectivity index (χ3v) is 5.57. The Balaban J connectivity index is 1.74. The van der Waals surface area contributed by atoms with Crippen LogP contribution in [0.3, 0.4) is 0 Å². The Morgan fingerprint density at radius 3 is 2.79 bits per heavy atom. The van der Waals surface area contributed by atoms with E-state index in [1.54, 1.807) is 30.3 Å². The van der Waals surface area contributed by atoms with Gasteiger partial charge in [-0.25, -0.2) is 0 Å². The Kier molecular flexibility index (Phi) is 6.41. The van der Waals surface area contributed by atoms with Gasteiger partial charge in [-0.05, 0) is 24.3 Å². The Morgan fingerprint density at radius 1 is 1.32 bits per heavy atom. The highest BCUT2D eigenvalue weighted by Gasteiger charge is 2.35. The standard InChI is InChI=1S/C19H17ClF2N2O3S/c1-27-13-5-2-4-12(9-13)24-10-11(8-16(24)25)18(26)23-15-7-3-6-14(20)17(15)28-19(21)22/h2-7,9,11,19H,8,10H2,1H3,(H,23,26). The van der Waals surface area contributed by atoms with E-state index >= 15 is 0 Å². The second-order valence-electron chi connectivity index (χ2n) is 6.09. The van der Waals surface area contributed by atoms with Crippen LogP contribution in [0.25, 0.3) is 0 Å². The molecule has 0 spiro atoms. The molecular weight excluding hydrogens is 410 g/mol. The van der Waals surface area contributed by atoms with Crippen molar-refractivity contribution in [1.29, 1.82) is 0 Å². The predicted molar refractivity (Wildman–Crippen MR) is 105 cm³/mol. The van der Waals surface area contributed by atoms with Crippen molar-refractivity contribution in [3.8, 4) is 5.75 Å². The minimum atomic E-state index is -2.67. The van der Waals surface area contributed by atoms with Gasteiger partial charge >= 0.3 is 0 Å². The summed E-state index contributed by atoms with van der Waals surface area (Å²) in [6.07, 6.45) is 0.0287. The van der Waals surface area contributed by atoms with Gasteiger partial charge in [0.1, 0.15) is 5.75 Å². The van der Waals surface area contributed by atoms with Crippen molar-refractivity contribution < 1.29 is 23.1 Å². The number of hydrogen-bond acceptors (Lipinski definition) is 4. The molecule has 1 fully saturated rings. The molecule has 0 saturated carbocycles. The van der Waals surface area contributed by atoms with Crippen molar-refractivity contribution in [3.63, 3.8) is 0 Å². The molecule has 1 atom stereocenters. The van der Waals surface area contributed by atoms with Gasteiger partial charge in [-0.2, -0.15) is 8.78 Å². The highest BCUT2D eigenvalue weighted by molar-refractivity contribution is 7.99. The average molecular weight is 427 g/mol. The van der Waals surface area contributed by atoms with E-state index in [4.69, 9.17) is 16.3 Å². The molecule has 0 aliphatic carbocycles. The van der Waals surface area contributed by atoms with Crippen LogP contribution in [-0.4, -0.2) is 31.2 Å². The van der Waals surface area contributed by atoms with Gasteiger partial charge in [0.15, 0.2) is 0 Å². The highest BCUT2D eigenvalue weighted by Crippen LogP contribution is 2.38. The first kappa shape index (κ1) is 20.4. The average Bonchev–Trinajstić information content (AvgIpc) is 3.06. The number of thioether (sulfide) groups is 1. The van der Waals surface area contributed by atoms with Gasteiger partial charge in [0, 0.05) is 24.7 Å². The van der Waals surface area contributed by atoms with Gasteiger partial charge in [0.25, 0.3) is 5.76 Å². The van der Waals surface area contributed by atoms with Crippen molar-refractivity contribution in [2.24, 2.45) is 5.92 Å². The summed E-state index contributed by atoms with van der Waals surface area (Å²) in [7, 11) is 1.53. The van der Waals surface area contributed by atoms with Crippen LogP contribution >= 0.6 is 23.4 Å². The molecule has 0 radical (unpaired) electrons. The number of rotatable bonds is 6. The SMILES string of the molecule is COc1cccc(N2CC(C(=O)Nc3cccc(Cl)c3SC(F)F)CC2=O)c1. The lowest BCUT2D eigenvalue weighted by Crippen LogP contribution is -2.28.